The summed E-state index contributed by atoms with van der Waals surface area (Å²) in [5.74, 6) is 3.65. The number of nitrogens with one attached hydrogen (secondary N) is 1. The fraction of sp³-hybridized carbons (Fsp3) is 0.591. The van der Waals surface area contributed by atoms with Crippen LogP contribution in [0.15, 0.2) is 35.6 Å². The van der Waals surface area contributed by atoms with Crippen molar-refractivity contribution in [1.29, 1.82) is 0 Å². The Hall–Kier alpha value is -2.57. The van der Waals surface area contributed by atoms with Crippen molar-refractivity contribution >= 4 is 5.96 Å². The fourth-order valence-electron chi connectivity index (χ4n) is 3.76. The number of benzene rings is 1. The molecule has 2 aromatic rings. The lowest BCUT2D eigenvalue weighted by Crippen LogP contribution is -2.47. The second-order valence-electron chi connectivity index (χ2n) is 7.72. The van der Waals surface area contributed by atoms with Gasteiger partial charge in [0, 0.05) is 39.1 Å². The average molecular weight is 399 g/mol. The normalized spacial score (nSPS) is 17.4. The Morgan fingerprint density at radius 2 is 2.14 bits per heavy atom. The first-order chi connectivity index (χ1) is 14.2. The molecule has 1 aliphatic heterocycles. The molecule has 7 nitrogen and oxygen atoms in total. The zero-order chi connectivity index (χ0) is 20.5. The summed E-state index contributed by atoms with van der Waals surface area (Å²) >= 11 is 0. The number of piperidine rings is 1. The molecule has 1 saturated heterocycles. The van der Waals surface area contributed by atoms with Crippen molar-refractivity contribution in [3.05, 3.63) is 42.0 Å². The van der Waals surface area contributed by atoms with Crippen LogP contribution in [-0.2, 0) is 19.4 Å². The van der Waals surface area contributed by atoms with E-state index in [0.29, 0.717) is 5.92 Å². The Labute approximate surface area is 174 Å². The predicted octanol–water partition coefficient (Wildman–Crippen LogP) is 2.77. The standard InChI is InChI=1S/C22H34N6O/c1-4-21-26-25-17-28(21)15-13-24-22(27-14-5-6-18(2)16-27)23-12-11-19-7-9-20(29-3)10-8-19/h7-10,17-18H,4-6,11-16H2,1-3H3,(H,23,24). The molecular formula is C22H34N6O. The largest absolute Gasteiger partial charge is 0.497 e. The maximum Gasteiger partial charge on any atom is 0.194 e. The third-order valence-corrected chi connectivity index (χ3v) is 5.43. The number of guanidine groups is 1. The summed E-state index contributed by atoms with van der Waals surface area (Å²) in [6.45, 7) is 9.01. The van der Waals surface area contributed by atoms with Gasteiger partial charge in [0.25, 0.3) is 0 Å². The second-order valence-corrected chi connectivity index (χ2v) is 7.72. The number of rotatable bonds is 8. The molecule has 0 saturated carbocycles. The zero-order valence-corrected chi connectivity index (χ0v) is 18.0. The van der Waals surface area contributed by atoms with Gasteiger partial charge in [-0.05, 0) is 42.9 Å². The summed E-state index contributed by atoms with van der Waals surface area (Å²) in [5.41, 5.74) is 1.28. The van der Waals surface area contributed by atoms with E-state index < -0.39 is 0 Å². The maximum atomic E-state index is 5.24. The number of hydrogen-bond donors (Lipinski definition) is 1. The number of aliphatic imine (C=N–C) groups is 1. The highest BCUT2D eigenvalue weighted by atomic mass is 16.5. The van der Waals surface area contributed by atoms with Gasteiger partial charge in [0.15, 0.2) is 5.96 Å². The van der Waals surface area contributed by atoms with Crippen molar-refractivity contribution in [2.75, 3.05) is 33.3 Å². The van der Waals surface area contributed by atoms with Gasteiger partial charge in [0.2, 0.25) is 0 Å². The summed E-state index contributed by atoms with van der Waals surface area (Å²) in [7, 11) is 1.69. The van der Waals surface area contributed by atoms with Crippen LogP contribution in [0.2, 0.25) is 0 Å². The average Bonchev–Trinajstić information content (AvgIpc) is 3.20. The molecule has 1 N–H and O–H groups in total. The first-order valence-corrected chi connectivity index (χ1v) is 10.7. The van der Waals surface area contributed by atoms with Gasteiger partial charge in [0.1, 0.15) is 17.9 Å². The van der Waals surface area contributed by atoms with Crippen molar-refractivity contribution in [3.8, 4) is 5.75 Å². The lowest BCUT2D eigenvalue weighted by atomic mass is 10.0. The number of aryl methyl sites for hydroxylation is 1. The van der Waals surface area contributed by atoms with Crippen molar-refractivity contribution in [2.24, 2.45) is 10.9 Å². The van der Waals surface area contributed by atoms with E-state index in [0.717, 1.165) is 63.1 Å². The van der Waals surface area contributed by atoms with Crippen molar-refractivity contribution in [1.82, 2.24) is 25.0 Å². The Kier molecular flexibility index (Phi) is 7.90. The smallest absolute Gasteiger partial charge is 0.194 e. The Bertz CT molecular complexity index is 770. The highest BCUT2D eigenvalue weighted by Gasteiger charge is 2.19. The van der Waals surface area contributed by atoms with Crippen LogP contribution in [0.4, 0.5) is 0 Å². The molecule has 1 aliphatic rings. The monoisotopic (exact) mass is 398 g/mol. The van der Waals surface area contributed by atoms with Crippen molar-refractivity contribution < 1.29 is 4.74 Å². The first kappa shape index (κ1) is 21.1. The van der Waals surface area contributed by atoms with Gasteiger partial charge >= 0.3 is 0 Å². The third kappa shape index (κ3) is 6.21. The quantitative estimate of drug-likeness (QED) is 0.547. The van der Waals surface area contributed by atoms with Gasteiger partial charge in [-0.25, -0.2) is 0 Å². The van der Waals surface area contributed by atoms with E-state index in [1.165, 1.54) is 18.4 Å². The van der Waals surface area contributed by atoms with E-state index in [-0.39, 0.29) is 0 Å². The molecule has 0 amide bonds. The van der Waals surface area contributed by atoms with Crippen LogP contribution in [0.5, 0.6) is 5.75 Å². The minimum atomic E-state index is 0.710. The summed E-state index contributed by atoms with van der Waals surface area (Å²) in [6.07, 6.45) is 6.16. The number of aromatic nitrogens is 3. The van der Waals surface area contributed by atoms with E-state index in [9.17, 15) is 0 Å². The van der Waals surface area contributed by atoms with Crippen molar-refractivity contribution in [3.63, 3.8) is 0 Å². The molecule has 1 unspecified atom stereocenters. The number of nitrogens with zero attached hydrogens (tertiary/aromatic N) is 5. The van der Waals surface area contributed by atoms with Gasteiger partial charge in [-0.2, -0.15) is 0 Å². The van der Waals surface area contributed by atoms with E-state index in [1.807, 2.05) is 18.5 Å². The lowest BCUT2D eigenvalue weighted by Gasteiger charge is -2.33. The van der Waals surface area contributed by atoms with Gasteiger partial charge in [-0.3, -0.25) is 4.99 Å². The van der Waals surface area contributed by atoms with Gasteiger partial charge in [-0.15, -0.1) is 10.2 Å². The SMILES string of the molecule is CCc1nncn1CCNC(=NCCc1ccc(OC)cc1)N1CCCC(C)C1. The molecule has 7 heteroatoms. The summed E-state index contributed by atoms with van der Waals surface area (Å²) in [6, 6.07) is 8.25. The Balaban J connectivity index is 1.59. The molecule has 3 rings (SSSR count). The molecule has 0 radical (unpaired) electrons. The summed E-state index contributed by atoms with van der Waals surface area (Å²) < 4.78 is 7.35. The van der Waals surface area contributed by atoms with E-state index in [4.69, 9.17) is 9.73 Å². The molecule has 0 aliphatic carbocycles. The Morgan fingerprint density at radius 3 is 2.86 bits per heavy atom. The van der Waals surface area contributed by atoms with Gasteiger partial charge < -0.3 is 19.5 Å². The van der Waals surface area contributed by atoms with Crippen LogP contribution in [0.25, 0.3) is 0 Å². The lowest BCUT2D eigenvalue weighted by molar-refractivity contribution is 0.265. The van der Waals surface area contributed by atoms with Crippen LogP contribution in [0.1, 0.15) is 38.1 Å². The highest BCUT2D eigenvalue weighted by molar-refractivity contribution is 5.80. The molecule has 0 bridgehead atoms. The van der Waals surface area contributed by atoms with E-state index >= 15 is 0 Å². The molecule has 158 valence electrons. The molecule has 0 spiro atoms. The molecule has 1 fully saturated rings. The summed E-state index contributed by atoms with van der Waals surface area (Å²) in [5, 5.41) is 11.8. The topological polar surface area (TPSA) is 67.6 Å². The summed E-state index contributed by atoms with van der Waals surface area (Å²) in [4.78, 5) is 7.35. The fourth-order valence-corrected chi connectivity index (χ4v) is 3.76. The molecule has 1 aromatic carbocycles. The Morgan fingerprint density at radius 1 is 1.31 bits per heavy atom. The highest BCUT2D eigenvalue weighted by Crippen LogP contribution is 2.16. The van der Waals surface area contributed by atoms with Crippen LogP contribution >= 0.6 is 0 Å². The van der Waals surface area contributed by atoms with E-state index in [2.05, 4.69) is 51.0 Å². The number of methoxy groups -OCH3 is 1. The predicted molar refractivity (Wildman–Crippen MR) is 116 cm³/mol. The van der Waals surface area contributed by atoms with Crippen molar-refractivity contribution in [2.45, 2.75) is 46.1 Å². The second kappa shape index (κ2) is 10.8. The minimum Gasteiger partial charge on any atom is -0.497 e. The molecule has 1 atom stereocenters. The number of likely N-dealkylation sites (tertiary alicyclic amines) is 1. The third-order valence-electron chi connectivity index (χ3n) is 5.43. The van der Waals surface area contributed by atoms with Gasteiger partial charge in [0.05, 0.1) is 7.11 Å². The van der Waals surface area contributed by atoms with Crippen LogP contribution in [0, 0.1) is 5.92 Å². The molecule has 29 heavy (non-hydrogen) atoms. The minimum absolute atomic E-state index is 0.710. The molecule has 1 aromatic heterocycles. The maximum absolute atomic E-state index is 5.24. The van der Waals surface area contributed by atoms with Gasteiger partial charge in [-0.1, -0.05) is 26.0 Å². The first-order valence-electron chi connectivity index (χ1n) is 10.7. The number of ether oxygens (including phenoxy) is 1. The van der Waals surface area contributed by atoms with Crippen LogP contribution in [-0.4, -0.2) is 58.9 Å². The zero-order valence-electron chi connectivity index (χ0n) is 18.0. The number of hydrogen-bond acceptors (Lipinski definition) is 4. The molecule has 2 heterocycles. The van der Waals surface area contributed by atoms with Crippen LogP contribution in [0.3, 0.4) is 0 Å². The van der Waals surface area contributed by atoms with E-state index in [1.54, 1.807) is 7.11 Å². The molecular weight excluding hydrogens is 364 g/mol. The van der Waals surface area contributed by atoms with Crippen LogP contribution < -0.4 is 10.1 Å².